The van der Waals surface area contributed by atoms with Crippen LogP contribution < -0.4 is 10.9 Å². The van der Waals surface area contributed by atoms with Crippen molar-refractivity contribution in [1.29, 1.82) is 0 Å². The first-order chi connectivity index (χ1) is 14.5. The molecule has 0 radical (unpaired) electrons. The topological polar surface area (TPSA) is 90.0 Å². The average molecular weight is 467 g/mol. The maximum atomic E-state index is 13.0. The molecule has 0 unspecified atom stereocenters. The number of benzene rings is 2. The van der Waals surface area contributed by atoms with E-state index in [-0.39, 0.29) is 30.1 Å². The Balaban J connectivity index is 1.48. The number of fused-ring (bicyclic) bond motifs is 1. The van der Waals surface area contributed by atoms with Gasteiger partial charge in [0.05, 0.1) is 0 Å². The molecule has 4 aromatic rings. The van der Waals surface area contributed by atoms with Crippen molar-refractivity contribution in [1.82, 2.24) is 20.0 Å². The summed E-state index contributed by atoms with van der Waals surface area (Å²) in [5.74, 6) is -0.147. The van der Waals surface area contributed by atoms with Gasteiger partial charge in [-0.15, -0.1) is 0 Å². The van der Waals surface area contributed by atoms with Crippen molar-refractivity contribution in [3.05, 3.63) is 80.8 Å². The van der Waals surface area contributed by atoms with Gasteiger partial charge in [-0.1, -0.05) is 63.0 Å². The molecule has 0 fully saturated rings. The molecular formula is C22H19BrN4O3. The van der Waals surface area contributed by atoms with Crippen LogP contribution in [0.4, 0.5) is 0 Å². The number of carbonyl (C=O) groups excluding carboxylic acids is 1. The molecule has 0 aliphatic heterocycles. The van der Waals surface area contributed by atoms with E-state index in [1.165, 1.54) is 10.9 Å². The molecule has 0 saturated carbocycles. The molecule has 2 aromatic carbocycles. The second-order valence-electron chi connectivity index (χ2n) is 6.98. The van der Waals surface area contributed by atoms with Crippen molar-refractivity contribution in [3.63, 3.8) is 0 Å². The predicted octanol–water partition coefficient (Wildman–Crippen LogP) is 3.83. The molecule has 1 amide bonds. The highest BCUT2D eigenvalue weighted by Crippen LogP contribution is 2.24. The van der Waals surface area contributed by atoms with Gasteiger partial charge < -0.3 is 9.84 Å². The number of aromatic nitrogens is 3. The number of carbonyl (C=O) groups is 1. The molecule has 1 N–H and O–H groups in total. The van der Waals surface area contributed by atoms with Crippen LogP contribution in [0, 0.1) is 6.92 Å². The Morgan fingerprint density at radius 3 is 2.77 bits per heavy atom. The summed E-state index contributed by atoms with van der Waals surface area (Å²) in [5.41, 5.74) is 3.24. The average Bonchev–Trinajstić information content (AvgIpc) is 3.17. The van der Waals surface area contributed by atoms with E-state index in [9.17, 15) is 9.59 Å². The van der Waals surface area contributed by atoms with Gasteiger partial charge in [-0.2, -0.15) is 0 Å². The number of halogens is 1. The fourth-order valence-corrected chi connectivity index (χ4v) is 3.55. The number of aryl methyl sites for hydroxylation is 2. The van der Waals surface area contributed by atoms with E-state index < -0.39 is 0 Å². The van der Waals surface area contributed by atoms with Gasteiger partial charge in [0, 0.05) is 29.5 Å². The van der Waals surface area contributed by atoms with Crippen LogP contribution in [0.15, 0.2) is 68.6 Å². The van der Waals surface area contributed by atoms with Crippen LogP contribution in [-0.4, -0.2) is 20.6 Å². The molecule has 8 heteroatoms. The first kappa shape index (κ1) is 20.0. The lowest BCUT2D eigenvalue weighted by Crippen LogP contribution is -2.27. The molecule has 0 aliphatic carbocycles. The van der Waals surface area contributed by atoms with Crippen molar-refractivity contribution in [2.24, 2.45) is 0 Å². The third-order valence-electron chi connectivity index (χ3n) is 4.75. The van der Waals surface area contributed by atoms with Crippen LogP contribution in [0.25, 0.3) is 22.4 Å². The van der Waals surface area contributed by atoms with Gasteiger partial charge in [-0.25, -0.2) is 4.98 Å². The third-order valence-corrected chi connectivity index (χ3v) is 5.24. The van der Waals surface area contributed by atoms with E-state index >= 15 is 0 Å². The van der Waals surface area contributed by atoms with Gasteiger partial charge in [0.25, 0.3) is 11.3 Å². The number of amides is 1. The van der Waals surface area contributed by atoms with Crippen molar-refractivity contribution < 1.29 is 9.32 Å². The van der Waals surface area contributed by atoms with Crippen LogP contribution in [0.3, 0.4) is 0 Å². The summed E-state index contributed by atoms with van der Waals surface area (Å²) >= 11 is 3.41. The van der Waals surface area contributed by atoms with E-state index in [4.69, 9.17) is 4.52 Å². The maximum Gasteiger partial charge on any atom is 0.266 e. The minimum Gasteiger partial charge on any atom is -0.352 e. The molecule has 0 atom stereocenters. The Bertz CT molecular complexity index is 1260. The molecule has 7 nitrogen and oxygen atoms in total. The summed E-state index contributed by atoms with van der Waals surface area (Å²) in [6, 6.07) is 15.4. The smallest absolute Gasteiger partial charge is 0.266 e. The number of hydrogen-bond donors (Lipinski definition) is 1. The minimum atomic E-state index is -0.281. The van der Waals surface area contributed by atoms with Gasteiger partial charge in [0.2, 0.25) is 5.91 Å². The number of nitrogens with zero attached hydrogens (tertiary/aromatic N) is 3. The zero-order valence-electron chi connectivity index (χ0n) is 16.3. The van der Waals surface area contributed by atoms with Crippen LogP contribution in [0.1, 0.15) is 17.5 Å². The van der Waals surface area contributed by atoms with E-state index in [1.54, 1.807) is 0 Å². The fraction of sp³-hybridized carbons (Fsp3) is 0.182. The molecule has 2 heterocycles. The molecule has 0 bridgehead atoms. The van der Waals surface area contributed by atoms with Gasteiger partial charge in [0.15, 0.2) is 0 Å². The summed E-state index contributed by atoms with van der Waals surface area (Å²) in [6.07, 6.45) is 1.54. The molecule has 2 aromatic heterocycles. The summed E-state index contributed by atoms with van der Waals surface area (Å²) in [5, 5.41) is 7.21. The first-order valence-corrected chi connectivity index (χ1v) is 10.2. The van der Waals surface area contributed by atoms with Gasteiger partial charge >= 0.3 is 0 Å². The van der Waals surface area contributed by atoms with Crippen LogP contribution >= 0.6 is 15.9 Å². The second kappa shape index (κ2) is 8.62. The van der Waals surface area contributed by atoms with Crippen LogP contribution in [0.2, 0.25) is 0 Å². The standard InChI is InChI=1S/C22H19BrN4O3/c1-14-5-7-16(8-6-14)20-19-21(30-26-20)25-13-27(22(19)29)10-9-18(28)24-12-15-3-2-4-17(23)11-15/h2-8,11,13H,9-10,12H2,1H3,(H,24,28). The normalized spacial score (nSPS) is 11.0. The first-order valence-electron chi connectivity index (χ1n) is 9.44. The highest BCUT2D eigenvalue weighted by Gasteiger charge is 2.17. The van der Waals surface area contributed by atoms with E-state index in [2.05, 4.69) is 31.4 Å². The number of rotatable bonds is 6. The number of nitrogens with one attached hydrogen (secondary N) is 1. The van der Waals surface area contributed by atoms with Crippen molar-refractivity contribution >= 4 is 32.9 Å². The Kier molecular flexibility index (Phi) is 5.76. The van der Waals surface area contributed by atoms with Gasteiger partial charge in [-0.3, -0.25) is 14.2 Å². The molecule has 30 heavy (non-hydrogen) atoms. The molecule has 0 spiro atoms. The third kappa shape index (κ3) is 4.33. The fourth-order valence-electron chi connectivity index (χ4n) is 3.11. The largest absolute Gasteiger partial charge is 0.352 e. The van der Waals surface area contributed by atoms with Gasteiger partial charge in [-0.05, 0) is 24.6 Å². The highest BCUT2D eigenvalue weighted by atomic mass is 79.9. The van der Waals surface area contributed by atoms with Crippen molar-refractivity contribution in [2.75, 3.05) is 0 Å². The molecule has 0 aliphatic rings. The predicted molar refractivity (Wildman–Crippen MR) is 117 cm³/mol. The second-order valence-corrected chi connectivity index (χ2v) is 7.89. The van der Waals surface area contributed by atoms with Crippen LogP contribution in [-0.2, 0) is 17.9 Å². The highest BCUT2D eigenvalue weighted by molar-refractivity contribution is 9.10. The SMILES string of the molecule is Cc1ccc(-c2noc3ncn(CCC(=O)NCc4cccc(Br)c4)c(=O)c23)cc1. The quantitative estimate of drug-likeness (QED) is 0.466. The van der Waals surface area contributed by atoms with Crippen molar-refractivity contribution in [2.45, 2.75) is 26.4 Å². The minimum absolute atomic E-state index is 0.147. The van der Waals surface area contributed by atoms with E-state index in [1.807, 2.05) is 55.5 Å². The van der Waals surface area contributed by atoms with Crippen molar-refractivity contribution in [3.8, 4) is 11.3 Å². The summed E-state index contributed by atoms with van der Waals surface area (Å²) in [6.45, 7) is 2.62. The lowest BCUT2D eigenvalue weighted by molar-refractivity contribution is -0.121. The zero-order valence-corrected chi connectivity index (χ0v) is 17.8. The van der Waals surface area contributed by atoms with E-state index in [0.29, 0.717) is 17.6 Å². The maximum absolute atomic E-state index is 13.0. The summed E-state index contributed by atoms with van der Waals surface area (Å²) in [4.78, 5) is 29.4. The zero-order chi connectivity index (χ0) is 21.1. The van der Waals surface area contributed by atoms with E-state index in [0.717, 1.165) is 21.2 Å². The lowest BCUT2D eigenvalue weighted by Gasteiger charge is -2.07. The Hall–Kier alpha value is -3.26. The molecule has 152 valence electrons. The monoisotopic (exact) mass is 466 g/mol. The molecular weight excluding hydrogens is 448 g/mol. The number of hydrogen-bond acceptors (Lipinski definition) is 5. The Labute approximate surface area is 180 Å². The molecule has 4 rings (SSSR count). The summed E-state index contributed by atoms with van der Waals surface area (Å²) < 4.78 is 7.60. The van der Waals surface area contributed by atoms with Gasteiger partial charge in [0.1, 0.15) is 17.4 Å². The lowest BCUT2D eigenvalue weighted by atomic mass is 10.1. The molecule has 0 saturated heterocycles. The summed E-state index contributed by atoms with van der Waals surface area (Å²) in [7, 11) is 0. The van der Waals surface area contributed by atoms with Crippen LogP contribution in [0.5, 0.6) is 0 Å². The Morgan fingerprint density at radius 2 is 2.00 bits per heavy atom. The Morgan fingerprint density at radius 1 is 1.20 bits per heavy atom.